The number of rotatable bonds is 14. The molecular weight excluding hydrogens is 532 g/mol. The quantitative estimate of drug-likeness (QED) is 0.211. The Hall–Kier alpha value is 0.180. The van der Waals surface area contributed by atoms with E-state index >= 15 is 0 Å². The highest BCUT2D eigenvalue weighted by atomic mass is 79.9. The fourth-order valence-electron chi connectivity index (χ4n) is 3.54. The minimum absolute atomic E-state index is 0.330. The minimum Gasteiger partial charge on any atom is -0.482 e. The van der Waals surface area contributed by atoms with E-state index < -0.39 is 5.79 Å². The molecule has 1 aliphatic rings. The molecule has 4 nitrogen and oxygen atoms in total. The second kappa shape index (κ2) is 13.7. The number of unbranched alkanes of at least 4 members (excludes halogenated alkanes) is 2. The van der Waals surface area contributed by atoms with Gasteiger partial charge in [0.25, 0.3) is 0 Å². The Labute approximate surface area is 203 Å². The summed E-state index contributed by atoms with van der Waals surface area (Å²) in [6.07, 6.45) is 9.46. The van der Waals surface area contributed by atoms with Gasteiger partial charge in [0.15, 0.2) is 11.5 Å². The van der Waals surface area contributed by atoms with Crippen LogP contribution in [0.1, 0.15) is 79.1 Å². The van der Waals surface area contributed by atoms with Crippen LogP contribution < -0.4 is 9.47 Å². The number of thiophene rings is 1. The standard InChI is InChI=1S/C23H38Br2O4S/c1-5-9-11-17(7-3)13-28-23(29-14-18(8-4)12-10-6-2)15-26-19-20(27-16-23)22(25)30-21(19)24/h17-18H,5-16H2,1-4H3. The van der Waals surface area contributed by atoms with E-state index in [-0.39, 0.29) is 0 Å². The van der Waals surface area contributed by atoms with E-state index in [9.17, 15) is 0 Å². The van der Waals surface area contributed by atoms with Crippen LogP contribution in [0.3, 0.4) is 0 Å². The highest BCUT2D eigenvalue weighted by Gasteiger charge is 2.40. The summed E-state index contributed by atoms with van der Waals surface area (Å²) in [4.78, 5) is 0. The molecule has 0 saturated carbocycles. The lowest BCUT2D eigenvalue weighted by molar-refractivity contribution is -0.269. The Balaban J connectivity index is 2.10. The SMILES string of the molecule is CCCCC(CC)COC1(OCC(CC)CCCC)COc2c(Br)sc(Br)c2OC1. The zero-order valence-electron chi connectivity index (χ0n) is 18.9. The molecule has 0 bridgehead atoms. The highest BCUT2D eigenvalue weighted by molar-refractivity contribution is 9.12. The summed E-state index contributed by atoms with van der Waals surface area (Å²) in [7, 11) is 0. The molecule has 2 unspecified atom stereocenters. The smallest absolute Gasteiger partial charge is 0.238 e. The lowest BCUT2D eigenvalue weighted by Gasteiger charge is -2.34. The van der Waals surface area contributed by atoms with Crippen LogP contribution >= 0.6 is 43.2 Å². The van der Waals surface area contributed by atoms with Gasteiger partial charge in [-0.3, -0.25) is 0 Å². The third-order valence-corrected chi connectivity index (χ3v) is 8.29. The first-order valence-electron chi connectivity index (χ1n) is 11.5. The number of hydrogen-bond acceptors (Lipinski definition) is 5. The van der Waals surface area contributed by atoms with Crippen LogP contribution in [0.2, 0.25) is 0 Å². The molecule has 1 aliphatic heterocycles. The van der Waals surface area contributed by atoms with Crippen molar-refractivity contribution in [1.82, 2.24) is 0 Å². The average molecular weight is 570 g/mol. The minimum atomic E-state index is -0.880. The van der Waals surface area contributed by atoms with Gasteiger partial charge in [-0.15, -0.1) is 11.3 Å². The highest BCUT2D eigenvalue weighted by Crippen LogP contribution is 2.50. The van der Waals surface area contributed by atoms with E-state index in [2.05, 4.69) is 59.6 Å². The maximum atomic E-state index is 6.48. The third kappa shape index (κ3) is 7.65. The second-order valence-electron chi connectivity index (χ2n) is 8.25. The molecule has 0 amide bonds. The van der Waals surface area contributed by atoms with Crippen molar-refractivity contribution in [2.45, 2.75) is 84.8 Å². The number of hydrogen-bond donors (Lipinski definition) is 0. The van der Waals surface area contributed by atoms with E-state index in [1.807, 2.05) is 0 Å². The topological polar surface area (TPSA) is 36.9 Å². The first-order chi connectivity index (χ1) is 14.5. The molecule has 2 atom stereocenters. The summed E-state index contributed by atoms with van der Waals surface area (Å²) >= 11 is 8.72. The lowest BCUT2D eigenvalue weighted by atomic mass is 10.00. The van der Waals surface area contributed by atoms with Gasteiger partial charge in [0.05, 0.1) is 13.2 Å². The van der Waals surface area contributed by atoms with E-state index in [4.69, 9.17) is 18.9 Å². The fourth-order valence-corrected chi connectivity index (χ4v) is 6.40. The first kappa shape index (κ1) is 26.4. The normalized spacial score (nSPS) is 17.5. The Bertz CT molecular complexity index is 572. The van der Waals surface area contributed by atoms with Crippen molar-refractivity contribution >= 4 is 43.2 Å². The maximum absolute atomic E-state index is 6.48. The third-order valence-electron chi connectivity index (χ3n) is 5.87. The van der Waals surface area contributed by atoms with E-state index in [0.717, 1.165) is 31.9 Å². The van der Waals surface area contributed by atoms with Crippen molar-refractivity contribution in [2.24, 2.45) is 11.8 Å². The van der Waals surface area contributed by atoms with Crippen molar-refractivity contribution in [2.75, 3.05) is 26.4 Å². The predicted molar refractivity (Wildman–Crippen MR) is 132 cm³/mol. The molecule has 30 heavy (non-hydrogen) atoms. The van der Waals surface area contributed by atoms with Gasteiger partial charge in [0.1, 0.15) is 20.8 Å². The van der Waals surface area contributed by atoms with Crippen LogP contribution in [-0.4, -0.2) is 32.2 Å². The Morgan fingerprint density at radius 1 is 0.833 bits per heavy atom. The lowest BCUT2D eigenvalue weighted by Crippen LogP contribution is -2.48. The Morgan fingerprint density at radius 2 is 1.27 bits per heavy atom. The summed E-state index contributed by atoms with van der Waals surface area (Å²) < 4.78 is 27.1. The van der Waals surface area contributed by atoms with Crippen molar-refractivity contribution in [3.05, 3.63) is 7.57 Å². The van der Waals surface area contributed by atoms with Gasteiger partial charge in [-0.25, -0.2) is 0 Å². The molecule has 0 aromatic carbocycles. The molecule has 174 valence electrons. The van der Waals surface area contributed by atoms with Gasteiger partial charge in [0.2, 0.25) is 5.79 Å². The number of ether oxygens (including phenoxy) is 4. The molecule has 1 aromatic heterocycles. The first-order valence-corrected chi connectivity index (χ1v) is 13.9. The molecule has 0 aliphatic carbocycles. The molecule has 2 heterocycles. The molecule has 2 rings (SSSR count). The number of fused-ring (bicyclic) bond motifs is 1. The van der Waals surface area contributed by atoms with Crippen LogP contribution in [0, 0.1) is 11.8 Å². The van der Waals surface area contributed by atoms with E-state index in [1.54, 1.807) is 11.3 Å². The van der Waals surface area contributed by atoms with E-state index in [0.29, 0.717) is 38.3 Å². The monoisotopic (exact) mass is 568 g/mol. The molecule has 0 fully saturated rings. The van der Waals surface area contributed by atoms with Crippen molar-refractivity contribution in [3.63, 3.8) is 0 Å². The van der Waals surface area contributed by atoms with Crippen LogP contribution in [0.5, 0.6) is 11.5 Å². The summed E-state index contributed by atoms with van der Waals surface area (Å²) in [5.74, 6) is 1.65. The fraction of sp³-hybridized carbons (Fsp3) is 0.826. The summed E-state index contributed by atoms with van der Waals surface area (Å²) in [5.41, 5.74) is 0. The molecule has 0 saturated heterocycles. The number of halogens is 2. The van der Waals surface area contributed by atoms with Crippen LogP contribution in [0.25, 0.3) is 0 Å². The van der Waals surface area contributed by atoms with E-state index in [1.165, 1.54) is 38.5 Å². The summed E-state index contributed by atoms with van der Waals surface area (Å²) in [5, 5.41) is 0. The molecule has 0 radical (unpaired) electrons. The second-order valence-corrected chi connectivity index (χ2v) is 11.9. The van der Waals surface area contributed by atoms with Crippen molar-refractivity contribution in [3.8, 4) is 11.5 Å². The van der Waals surface area contributed by atoms with Crippen molar-refractivity contribution < 1.29 is 18.9 Å². The van der Waals surface area contributed by atoms with Gasteiger partial charge in [-0.1, -0.05) is 66.2 Å². The summed E-state index contributed by atoms with van der Waals surface area (Å²) in [6, 6.07) is 0. The molecule has 0 N–H and O–H groups in total. The predicted octanol–water partition coefficient (Wildman–Crippen LogP) is 8.21. The van der Waals surface area contributed by atoms with Crippen LogP contribution in [0.4, 0.5) is 0 Å². The zero-order chi connectivity index (χ0) is 22.0. The van der Waals surface area contributed by atoms with Gasteiger partial charge < -0.3 is 18.9 Å². The van der Waals surface area contributed by atoms with Crippen LogP contribution in [-0.2, 0) is 9.47 Å². The van der Waals surface area contributed by atoms with Gasteiger partial charge in [-0.05, 0) is 56.5 Å². The zero-order valence-corrected chi connectivity index (χ0v) is 22.9. The molecule has 7 heteroatoms. The van der Waals surface area contributed by atoms with Gasteiger partial charge >= 0.3 is 0 Å². The molecule has 0 spiro atoms. The summed E-state index contributed by atoms with van der Waals surface area (Å²) in [6.45, 7) is 10.9. The molecular formula is C23H38Br2O4S. The van der Waals surface area contributed by atoms with Gasteiger partial charge in [-0.2, -0.15) is 0 Å². The van der Waals surface area contributed by atoms with Crippen molar-refractivity contribution in [1.29, 1.82) is 0 Å². The van der Waals surface area contributed by atoms with Gasteiger partial charge in [0, 0.05) is 0 Å². The maximum Gasteiger partial charge on any atom is 0.238 e. The largest absolute Gasteiger partial charge is 0.482 e. The Morgan fingerprint density at radius 3 is 1.63 bits per heavy atom. The molecule has 1 aromatic rings. The average Bonchev–Trinajstić information content (AvgIpc) is 2.91. The Kier molecular flexibility index (Phi) is 12.0. The van der Waals surface area contributed by atoms with Crippen LogP contribution in [0.15, 0.2) is 7.57 Å².